The van der Waals surface area contributed by atoms with E-state index in [9.17, 15) is 21.6 Å². The monoisotopic (exact) mass is 514 g/mol. The average molecular weight is 515 g/mol. The smallest absolute Gasteiger partial charge is 0.264 e. The number of carbonyl (C=O) groups excluding carboxylic acids is 1. The van der Waals surface area contributed by atoms with Gasteiger partial charge in [0, 0.05) is 6.26 Å². The molecule has 1 unspecified atom stereocenters. The summed E-state index contributed by atoms with van der Waals surface area (Å²) in [5.41, 5.74) is 3.73. The van der Waals surface area contributed by atoms with E-state index in [-0.39, 0.29) is 9.79 Å². The molecule has 0 saturated carbocycles. The average Bonchev–Trinajstić information content (AvgIpc) is 2.79. The number of rotatable bonds is 8. The molecule has 0 aliphatic heterocycles. The number of sulfone groups is 1. The van der Waals surface area contributed by atoms with Gasteiger partial charge in [-0.15, -0.1) is 0 Å². The highest BCUT2D eigenvalue weighted by Gasteiger charge is 2.29. The Hall–Kier alpha value is -3.17. The Morgan fingerprint density at radius 3 is 2.00 bits per heavy atom. The van der Waals surface area contributed by atoms with Crippen LogP contribution in [0.4, 0.5) is 5.69 Å². The number of aryl methyl sites for hydroxylation is 2. The fraction of sp³-hybridized carbons (Fsp3) is 0.269. The lowest BCUT2D eigenvalue weighted by atomic mass is 10.1. The lowest BCUT2D eigenvalue weighted by Crippen LogP contribution is -2.42. The van der Waals surface area contributed by atoms with Gasteiger partial charge in [-0.2, -0.15) is 0 Å². The number of nitrogens with zero attached hydrogens (tertiary/aromatic N) is 1. The molecule has 1 atom stereocenters. The Labute approximate surface area is 207 Å². The first-order chi connectivity index (χ1) is 16.3. The lowest BCUT2D eigenvalue weighted by Gasteiger charge is -2.27. The summed E-state index contributed by atoms with van der Waals surface area (Å²) in [6.07, 6.45) is 1.13. The molecule has 0 radical (unpaired) electrons. The van der Waals surface area contributed by atoms with E-state index in [1.165, 1.54) is 24.3 Å². The fourth-order valence-electron chi connectivity index (χ4n) is 3.65. The van der Waals surface area contributed by atoms with Crippen LogP contribution in [0.25, 0.3) is 0 Å². The highest BCUT2D eigenvalue weighted by atomic mass is 32.2. The van der Waals surface area contributed by atoms with Crippen LogP contribution >= 0.6 is 0 Å². The van der Waals surface area contributed by atoms with Crippen LogP contribution in [0.5, 0.6) is 0 Å². The van der Waals surface area contributed by atoms with Crippen LogP contribution in [0, 0.1) is 20.8 Å². The molecule has 1 N–H and O–H groups in total. The molecule has 0 saturated heterocycles. The van der Waals surface area contributed by atoms with Crippen LogP contribution in [-0.2, 0) is 24.7 Å². The van der Waals surface area contributed by atoms with Gasteiger partial charge in [-0.1, -0.05) is 42.0 Å². The van der Waals surface area contributed by atoms with Crippen molar-refractivity contribution < 1.29 is 21.6 Å². The molecule has 0 fully saturated rings. The maximum Gasteiger partial charge on any atom is 0.264 e. The van der Waals surface area contributed by atoms with Crippen molar-refractivity contribution in [3.8, 4) is 0 Å². The van der Waals surface area contributed by atoms with Crippen molar-refractivity contribution in [2.45, 2.75) is 43.5 Å². The maximum absolute atomic E-state index is 13.6. The number of hydrogen-bond donors (Lipinski definition) is 1. The number of amides is 1. The van der Waals surface area contributed by atoms with Gasteiger partial charge in [-0.25, -0.2) is 16.8 Å². The Morgan fingerprint density at radius 2 is 1.43 bits per heavy atom. The Morgan fingerprint density at radius 1 is 0.857 bits per heavy atom. The molecule has 3 aromatic carbocycles. The second kappa shape index (κ2) is 10.2. The van der Waals surface area contributed by atoms with Gasteiger partial charge in [0.15, 0.2) is 9.84 Å². The molecule has 1 amide bonds. The third-order valence-electron chi connectivity index (χ3n) is 5.93. The van der Waals surface area contributed by atoms with Gasteiger partial charge >= 0.3 is 0 Å². The van der Waals surface area contributed by atoms with Crippen LogP contribution in [0.3, 0.4) is 0 Å². The Bertz CT molecular complexity index is 1430. The molecule has 0 aliphatic carbocycles. The van der Waals surface area contributed by atoms with Crippen LogP contribution in [0.2, 0.25) is 0 Å². The van der Waals surface area contributed by atoms with Crippen molar-refractivity contribution in [3.05, 3.63) is 89.0 Å². The highest BCUT2D eigenvalue weighted by Crippen LogP contribution is 2.29. The van der Waals surface area contributed by atoms with E-state index in [2.05, 4.69) is 5.32 Å². The zero-order valence-corrected chi connectivity index (χ0v) is 22.1. The molecule has 0 bridgehead atoms. The lowest BCUT2D eigenvalue weighted by molar-refractivity contribution is -0.120. The SMILES string of the molecule is Cc1ccc(S(=O)(=O)N(CC(=O)NC(C)c2ccc(S(C)(=O)=O)cc2)c2cccc(C)c2C)cc1. The van der Waals surface area contributed by atoms with Gasteiger partial charge in [0.1, 0.15) is 6.54 Å². The van der Waals surface area contributed by atoms with E-state index in [1.54, 1.807) is 43.3 Å². The van der Waals surface area contributed by atoms with Gasteiger partial charge in [-0.3, -0.25) is 9.10 Å². The third kappa shape index (κ3) is 6.10. The summed E-state index contributed by atoms with van der Waals surface area (Å²) < 4.78 is 51.8. The van der Waals surface area contributed by atoms with E-state index < -0.39 is 38.4 Å². The topological polar surface area (TPSA) is 101 Å². The molecule has 0 heterocycles. The van der Waals surface area contributed by atoms with E-state index >= 15 is 0 Å². The number of anilines is 1. The molecule has 35 heavy (non-hydrogen) atoms. The number of nitrogens with one attached hydrogen (secondary N) is 1. The second-order valence-corrected chi connectivity index (χ2v) is 12.6. The molecule has 3 aromatic rings. The fourth-order valence-corrected chi connectivity index (χ4v) is 5.76. The van der Waals surface area contributed by atoms with Gasteiger partial charge in [0.25, 0.3) is 10.0 Å². The zero-order valence-electron chi connectivity index (χ0n) is 20.4. The number of sulfonamides is 1. The first kappa shape index (κ1) is 26.4. The summed E-state index contributed by atoms with van der Waals surface area (Å²) in [5.74, 6) is -0.485. The first-order valence-electron chi connectivity index (χ1n) is 11.1. The summed E-state index contributed by atoms with van der Waals surface area (Å²) in [6, 6.07) is 17.6. The van der Waals surface area contributed by atoms with E-state index in [0.717, 1.165) is 27.3 Å². The first-order valence-corrected chi connectivity index (χ1v) is 14.4. The van der Waals surface area contributed by atoms with Crippen LogP contribution in [-0.4, -0.2) is 35.5 Å². The third-order valence-corrected chi connectivity index (χ3v) is 8.83. The Balaban J connectivity index is 1.91. The van der Waals surface area contributed by atoms with Crippen molar-refractivity contribution in [2.75, 3.05) is 17.1 Å². The molecule has 0 spiro atoms. The second-order valence-electron chi connectivity index (χ2n) is 8.67. The van der Waals surface area contributed by atoms with Crippen molar-refractivity contribution >= 4 is 31.5 Å². The number of hydrogen-bond acceptors (Lipinski definition) is 5. The van der Waals surface area contributed by atoms with Crippen molar-refractivity contribution in [1.82, 2.24) is 5.32 Å². The molecular weight excluding hydrogens is 484 g/mol. The largest absolute Gasteiger partial charge is 0.348 e. The molecular formula is C26H30N2O5S2. The molecule has 0 aliphatic rings. The minimum Gasteiger partial charge on any atom is -0.348 e. The Kier molecular flexibility index (Phi) is 7.71. The minimum absolute atomic E-state index is 0.0984. The maximum atomic E-state index is 13.6. The molecule has 3 rings (SSSR count). The van der Waals surface area contributed by atoms with Gasteiger partial charge in [0.2, 0.25) is 5.91 Å². The normalized spacial score (nSPS) is 12.7. The highest BCUT2D eigenvalue weighted by molar-refractivity contribution is 7.93. The standard InChI is InChI=1S/C26H30N2O5S2/c1-18-9-13-24(14-10-18)35(32,33)28(25-8-6-7-19(2)20(25)3)17-26(29)27-21(4)22-11-15-23(16-12-22)34(5,30)31/h6-16,21H,17H2,1-5H3,(H,27,29). The molecule has 9 heteroatoms. The van der Waals surface area contributed by atoms with E-state index in [0.29, 0.717) is 11.3 Å². The number of carbonyl (C=O) groups is 1. The van der Waals surface area contributed by atoms with Gasteiger partial charge < -0.3 is 5.32 Å². The number of benzene rings is 3. The molecule has 7 nitrogen and oxygen atoms in total. The van der Waals surface area contributed by atoms with Gasteiger partial charge in [0.05, 0.1) is 21.5 Å². The van der Waals surface area contributed by atoms with Crippen LogP contribution in [0.1, 0.15) is 35.2 Å². The predicted octanol–water partition coefficient (Wildman–Crippen LogP) is 4.09. The summed E-state index contributed by atoms with van der Waals surface area (Å²) in [6.45, 7) is 6.93. The molecule has 186 valence electrons. The van der Waals surface area contributed by atoms with E-state index in [1.807, 2.05) is 26.8 Å². The minimum atomic E-state index is -4.02. The van der Waals surface area contributed by atoms with Crippen molar-refractivity contribution in [3.63, 3.8) is 0 Å². The summed E-state index contributed by atoms with van der Waals surface area (Å²) in [4.78, 5) is 13.3. The quantitative estimate of drug-likeness (QED) is 0.488. The summed E-state index contributed by atoms with van der Waals surface area (Å²) in [7, 11) is -7.35. The predicted molar refractivity (Wildman–Crippen MR) is 138 cm³/mol. The van der Waals surface area contributed by atoms with Crippen LogP contribution in [0.15, 0.2) is 76.5 Å². The molecule has 0 aromatic heterocycles. The van der Waals surface area contributed by atoms with E-state index in [4.69, 9.17) is 0 Å². The van der Waals surface area contributed by atoms with Crippen molar-refractivity contribution in [1.29, 1.82) is 0 Å². The van der Waals surface area contributed by atoms with Crippen molar-refractivity contribution in [2.24, 2.45) is 0 Å². The zero-order chi connectivity index (χ0) is 26.0. The summed E-state index contributed by atoms with van der Waals surface area (Å²) >= 11 is 0. The van der Waals surface area contributed by atoms with Gasteiger partial charge in [-0.05, 0) is 74.7 Å². The summed E-state index contributed by atoms with van der Waals surface area (Å²) in [5, 5.41) is 2.83. The van der Waals surface area contributed by atoms with Crippen LogP contribution < -0.4 is 9.62 Å².